The Bertz CT molecular complexity index is 576. The van der Waals surface area contributed by atoms with Crippen molar-refractivity contribution in [1.29, 1.82) is 0 Å². The lowest BCUT2D eigenvalue weighted by atomic mass is 9.96. The van der Waals surface area contributed by atoms with Crippen LogP contribution in [0.5, 0.6) is 0 Å². The lowest BCUT2D eigenvalue weighted by Gasteiger charge is -2.27. The predicted octanol–water partition coefficient (Wildman–Crippen LogP) is 1.06. The van der Waals surface area contributed by atoms with E-state index in [9.17, 15) is 13.2 Å². The maximum Gasteiger partial charge on any atom is 0.340 e. The van der Waals surface area contributed by atoms with Crippen LogP contribution in [0.2, 0.25) is 0 Å². The van der Waals surface area contributed by atoms with Gasteiger partial charge in [0.15, 0.2) is 5.03 Å². The number of carbonyl (C=O) groups is 1. The van der Waals surface area contributed by atoms with Crippen LogP contribution >= 0.6 is 11.8 Å². The quantitative estimate of drug-likeness (QED) is 0.748. The number of hydrogen-bond donors (Lipinski definition) is 3. The Morgan fingerprint density at radius 2 is 2.10 bits per heavy atom. The van der Waals surface area contributed by atoms with Crippen molar-refractivity contribution >= 4 is 27.8 Å². The minimum atomic E-state index is -3.87. The van der Waals surface area contributed by atoms with Crippen molar-refractivity contribution in [2.45, 2.75) is 42.0 Å². The topological polar surface area (TPSA) is 112 Å². The second-order valence-electron chi connectivity index (χ2n) is 4.75. The van der Waals surface area contributed by atoms with Crippen LogP contribution < -0.4 is 4.72 Å². The first-order valence-electron chi connectivity index (χ1n) is 6.26. The minimum absolute atomic E-state index is 0.145. The molecule has 1 fully saturated rings. The van der Waals surface area contributed by atoms with Gasteiger partial charge in [0.2, 0.25) is 0 Å². The van der Waals surface area contributed by atoms with Gasteiger partial charge in [0.1, 0.15) is 5.56 Å². The molecule has 1 saturated carbocycles. The summed E-state index contributed by atoms with van der Waals surface area (Å²) in [6, 6.07) is -0.145. The molecule has 0 spiro atoms. The van der Waals surface area contributed by atoms with Gasteiger partial charge in [-0.15, -0.1) is 0 Å². The van der Waals surface area contributed by atoms with E-state index in [0.717, 1.165) is 31.9 Å². The van der Waals surface area contributed by atoms with E-state index in [2.05, 4.69) is 21.2 Å². The molecule has 1 aliphatic rings. The van der Waals surface area contributed by atoms with Gasteiger partial charge in [-0.3, -0.25) is 5.10 Å². The summed E-state index contributed by atoms with van der Waals surface area (Å²) in [5.41, 5.74) is -0.338. The van der Waals surface area contributed by atoms with Gasteiger partial charge in [-0.1, -0.05) is 0 Å². The average molecular weight is 319 g/mol. The molecule has 1 heterocycles. The highest BCUT2D eigenvalue weighted by Crippen LogP contribution is 2.27. The Kier molecular flexibility index (Phi) is 4.71. The predicted molar refractivity (Wildman–Crippen MR) is 75.4 cm³/mol. The highest BCUT2D eigenvalue weighted by atomic mass is 32.2. The van der Waals surface area contributed by atoms with Gasteiger partial charge >= 0.3 is 5.97 Å². The molecular formula is C11H17N3O4S2. The van der Waals surface area contributed by atoms with Crippen LogP contribution in [0.1, 0.15) is 36.0 Å². The fourth-order valence-corrected chi connectivity index (χ4v) is 4.46. The van der Waals surface area contributed by atoms with E-state index in [1.54, 1.807) is 11.8 Å². The largest absolute Gasteiger partial charge is 0.478 e. The highest BCUT2D eigenvalue weighted by Gasteiger charge is 2.29. The molecule has 0 bridgehead atoms. The molecule has 1 aromatic heterocycles. The zero-order chi connectivity index (χ0) is 14.8. The molecule has 7 nitrogen and oxygen atoms in total. The van der Waals surface area contributed by atoms with Crippen LogP contribution in [0.3, 0.4) is 0 Å². The van der Waals surface area contributed by atoms with E-state index < -0.39 is 16.0 Å². The summed E-state index contributed by atoms with van der Waals surface area (Å²) < 4.78 is 26.9. The number of carboxylic acids is 1. The smallest absolute Gasteiger partial charge is 0.340 e. The van der Waals surface area contributed by atoms with Gasteiger partial charge in [-0.25, -0.2) is 17.9 Å². The zero-order valence-electron chi connectivity index (χ0n) is 11.0. The molecule has 0 atom stereocenters. The van der Waals surface area contributed by atoms with Crippen molar-refractivity contribution in [2.24, 2.45) is 0 Å². The fraction of sp³-hybridized carbons (Fsp3) is 0.636. The third-order valence-electron chi connectivity index (χ3n) is 3.43. The SMILES string of the molecule is CSC1CCC(NS(=O)(=O)c2[nH]ncc2C(=O)O)CC1. The zero-order valence-corrected chi connectivity index (χ0v) is 12.6. The van der Waals surface area contributed by atoms with E-state index in [-0.39, 0.29) is 16.6 Å². The van der Waals surface area contributed by atoms with Crippen molar-refractivity contribution in [1.82, 2.24) is 14.9 Å². The molecular weight excluding hydrogens is 302 g/mol. The van der Waals surface area contributed by atoms with Gasteiger partial charge in [0.25, 0.3) is 10.0 Å². The van der Waals surface area contributed by atoms with Crippen LogP contribution in [0.15, 0.2) is 11.2 Å². The summed E-state index contributed by atoms with van der Waals surface area (Å²) in [6.45, 7) is 0. The number of thioether (sulfide) groups is 1. The summed E-state index contributed by atoms with van der Waals surface area (Å²) in [7, 11) is -3.87. The summed E-state index contributed by atoms with van der Waals surface area (Å²) in [4.78, 5) is 10.9. The van der Waals surface area contributed by atoms with E-state index in [1.807, 2.05) is 0 Å². The van der Waals surface area contributed by atoms with Crippen LogP contribution in [0.4, 0.5) is 0 Å². The number of aromatic carboxylic acids is 1. The molecule has 0 aliphatic heterocycles. The van der Waals surface area contributed by atoms with Crippen molar-refractivity contribution in [3.63, 3.8) is 0 Å². The monoisotopic (exact) mass is 319 g/mol. The number of nitrogens with zero attached hydrogens (tertiary/aromatic N) is 1. The molecule has 112 valence electrons. The second-order valence-corrected chi connectivity index (χ2v) is 7.54. The van der Waals surface area contributed by atoms with Crippen LogP contribution in [0.25, 0.3) is 0 Å². The van der Waals surface area contributed by atoms with E-state index in [1.165, 1.54) is 0 Å². The lowest BCUT2D eigenvalue weighted by Crippen LogP contribution is -2.38. The number of carboxylic acid groups (broad SMARTS) is 1. The maximum atomic E-state index is 12.2. The van der Waals surface area contributed by atoms with Crippen molar-refractivity contribution in [2.75, 3.05) is 6.26 Å². The number of aromatic nitrogens is 2. The third-order valence-corrected chi connectivity index (χ3v) is 6.06. The van der Waals surface area contributed by atoms with Gasteiger partial charge in [-0.2, -0.15) is 16.9 Å². The molecule has 1 aliphatic carbocycles. The number of aromatic amines is 1. The number of H-pyrrole nitrogens is 1. The fourth-order valence-electron chi connectivity index (χ4n) is 2.33. The first-order valence-corrected chi connectivity index (χ1v) is 9.03. The Morgan fingerprint density at radius 1 is 1.45 bits per heavy atom. The maximum absolute atomic E-state index is 12.2. The third kappa shape index (κ3) is 3.33. The van der Waals surface area contributed by atoms with Gasteiger partial charge in [0.05, 0.1) is 6.20 Å². The lowest BCUT2D eigenvalue weighted by molar-refractivity contribution is 0.0692. The summed E-state index contributed by atoms with van der Waals surface area (Å²) >= 11 is 1.80. The molecule has 20 heavy (non-hydrogen) atoms. The minimum Gasteiger partial charge on any atom is -0.478 e. The molecule has 3 N–H and O–H groups in total. The number of nitrogens with one attached hydrogen (secondary N) is 2. The Morgan fingerprint density at radius 3 is 2.65 bits per heavy atom. The van der Waals surface area contributed by atoms with E-state index >= 15 is 0 Å². The first kappa shape index (κ1) is 15.3. The van der Waals surface area contributed by atoms with E-state index in [4.69, 9.17) is 5.11 Å². The van der Waals surface area contributed by atoms with Gasteiger partial charge in [-0.05, 0) is 31.9 Å². The van der Waals surface area contributed by atoms with Crippen LogP contribution in [-0.4, -0.2) is 47.2 Å². The molecule has 0 unspecified atom stereocenters. The molecule has 9 heteroatoms. The number of rotatable bonds is 5. The number of hydrogen-bond acceptors (Lipinski definition) is 5. The molecule has 2 rings (SSSR count). The van der Waals surface area contributed by atoms with Gasteiger partial charge in [0, 0.05) is 11.3 Å². The first-order chi connectivity index (χ1) is 9.44. The number of sulfonamides is 1. The summed E-state index contributed by atoms with van der Waals surface area (Å²) in [5.74, 6) is -1.31. The molecule has 0 radical (unpaired) electrons. The average Bonchev–Trinajstić information content (AvgIpc) is 2.89. The van der Waals surface area contributed by atoms with Crippen molar-refractivity contribution in [3.05, 3.63) is 11.8 Å². The van der Waals surface area contributed by atoms with Crippen molar-refractivity contribution < 1.29 is 18.3 Å². The summed E-state index contributed by atoms with van der Waals surface area (Å²) in [5, 5.41) is 14.9. The molecule has 1 aromatic rings. The summed E-state index contributed by atoms with van der Waals surface area (Å²) in [6.07, 6.45) is 6.51. The van der Waals surface area contributed by atoms with Crippen molar-refractivity contribution in [3.8, 4) is 0 Å². The molecule has 0 amide bonds. The van der Waals surface area contributed by atoms with Crippen LogP contribution in [0, 0.1) is 0 Å². The van der Waals surface area contributed by atoms with Gasteiger partial charge < -0.3 is 5.11 Å². The molecule has 0 aromatic carbocycles. The van der Waals surface area contributed by atoms with E-state index in [0.29, 0.717) is 5.25 Å². The highest BCUT2D eigenvalue weighted by molar-refractivity contribution is 7.99. The Labute approximate surface area is 121 Å². The standard InChI is InChI=1S/C11H17N3O4S2/c1-19-8-4-2-7(3-5-8)14-20(17,18)10-9(11(15)16)6-12-13-10/h6-8,14H,2-5H2,1H3,(H,12,13)(H,15,16). The second kappa shape index (κ2) is 6.15. The van der Waals surface area contributed by atoms with Crippen LogP contribution in [-0.2, 0) is 10.0 Å². The molecule has 0 saturated heterocycles. The Balaban J connectivity index is 2.08. The Hall–Kier alpha value is -1.06. The normalized spacial score (nSPS) is 23.6.